The van der Waals surface area contributed by atoms with Crippen molar-refractivity contribution in [3.05, 3.63) is 91.0 Å². The maximum atomic E-state index is 3.47. The molecule has 3 aromatic carbocycles. The van der Waals surface area contributed by atoms with E-state index in [9.17, 15) is 0 Å². The van der Waals surface area contributed by atoms with Gasteiger partial charge in [-0.15, -0.1) is 17.0 Å². The lowest BCUT2D eigenvalue weighted by Crippen LogP contribution is -2.33. The van der Waals surface area contributed by atoms with Crippen LogP contribution < -0.4 is 15.9 Å². The minimum atomic E-state index is -1.76. The molecule has 0 bridgehead atoms. The monoisotopic (exact) mass is 409 g/mol. The molecule has 3 aromatic rings. The molecular formula is C23H23BrP+. The average molecular weight is 410 g/mol. The Labute approximate surface area is 162 Å². The SMILES string of the molecule is Br.CCC#CC[P+](c1ccccc1)(c1ccccc1)c1ccccc1. The Morgan fingerprint density at radius 2 is 0.960 bits per heavy atom. The van der Waals surface area contributed by atoms with Crippen molar-refractivity contribution < 1.29 is 0 Å². The summed E-state index contributed by atoms with van der Waals surface area (Å²) in [6, 6.07) is 32.7. The van der Waals surface area contributed by atoms with E-state index in [0.717, 1.165) is 12.6 Å². The number of benzene rings is 3. The summed E-state index contributed by atoms with van der Waals surface area (Å²) in [4.78, 5) is 0. The highest BCUT2D eigenvalue weighted by molar-refractivity contribution is 8.93. The van der Waals surface area contributed by atoms with Crippen LogP contribution in [0.5, 0.6) is 0 Å². The van der Waals surface area contributed by atoms with Crippen molar-refractivity contribution in [3.63, 3.8) is 0 Å². The highest BCUT2D eigenvalue weighted by atomic mass is 79.9. The summed E-state index contributed by atoms with van der Waals surface area (Å²) in [6.45, 7) is 2.11. The van der Waals surface area contributed by atoms with Gasteiger partial charge in [-0.3, -0.25) is 0 Å². The van der Waals surface area contributed by atoms with Crippen LogP contribution in [0.15, 0.2) is 91.0 Å². The summed E-state index contributed by atoms with van der Waals surface area (Å²) < 4.78 is 0. The van der Waals surface area contributed by atoms with E-state index in [4.69, 9.17) is 0 Å². The smallest absolute Gasteiger partial charge is 0.114 e. The van der Waals surface area contributed by atoms with E-state index >= 15 is 0 Å². The molecule has 0 aliphatic heterocycles. The molecule has 126 valence electrons. The van der Waals surface area contributed by atoms with Crippen molar-refractivity contribution in [2.45, 2.75) is 13.3 Å². The van der Waals surface area contributed by atoms with Crippen LogP contribution in [0.3, 0.4) is 0 Å². The van der Waals surface area contributed by atoms with Crippen molar-refractivity contribution in [1.29, 1.82) is 0 Å². The summed E-state index contributed by atoms with van der Waals surface area (Å²) in [7, 11) is -1.76. The molecule has 0 aliphatic carbocycles. The van der Waals surface area contributed by atoms with E-state index in [1.807, 2.05) is 0 Å². The van der Waals surface area contributed by atoms with Crippen molar-refractivity contribution in [3.8, 4) is 11.8 Å². The molecule has 0 heterocycles. The van der Waals surface area contributed by atoms with Crippen LogP contribution in [0.25, 0.3) is 0 Å². The van der Waals surface area contributed by atoms with E-state index < -0.39 is 7.26 Å². The molecule has 0 fully saturated rings. The molecule has 0 aliphatic rings. The summed E-state index contributed by atoms with van der Waals surface area (Å²) >= 11 is 0. The van der Waals surface area contributed by atoms with Gasteiger partial charge in [-0.2, -0.15) is 0 Å². The Hall–Kier alpha value is -1.87. The van der Waals surface area contributed by atoms with Crippen molar-refractivity contribution in [2.75, 3.05) is 6.16 Å². The maximum absolute atomic E-state index is 3.47. The molecule has 0 saturated carbocycles. The zero-order chi connectivity index (χ0) is 16.7. The van der Waals surface area contributed by atoms with Crippen LogP contribution in [0.1, 0.15) is 13.3 Å². The van der Waals surface area contributed by atoms with Gasteiger partial charge in [0.05, 0.1) is 0 Å². The van der Waals surface area contributed by atoms with Gasteiger partial charge in [0.25, 0.3) is 0 Å². The molecule has 0 nitrogen and oxygen atoms in total. The van der Waals surface area contributed by atoms with Crippen LogP contribution in [0.2, 0.25) is 0 Å². The second kappa shape index (κ2) is 9.57. The third-order valence-corrected chi connectivity index (χ3v) is 8.38. The normalized spacial score (nSPS) is 10.3. The van der Waals surface area contributed by atoms with E-state index in [1.165, 1.54) is 15.9 Å². The van der Waals surface area contributed by atoms with E-state index in [-0.39, 0.29) is 17.0 Å². The van der Waals surface area contributed by atoms with Crippen LogP contribution in [0, 0.1) is 11.8 Å². The third-order valence-electron chi connectivity index (χ3n) is 4.21. The van der Waals surface area contributed by atoms with Gasteiger partial charge in [0.1, 0.15) is 29.3 Å². The molecule has 0 radical (unpaired) electrons. The fourth-order valence-electron chi connectivity index (χ4n) is 3.07. The number of halogens is 1. The Kier molecular flexibility index (Phi) is 7.45. The third kappa shape index (κ3) is 4.21. The first kappa shape index (κ1) is 19.5. The molecule has 0 N–H and O–H groups in total. The Morgan fingerprint density at radius 3 is 1.28 bits per heavy atom. The lowest BCUT2D eigenvalue weighted by molar-refractivity contribution is 1.28. The summed E-state index contributed by atoms with van der Waals surface area (Å²) in [5.41, 5.74) is 0. The van der Waals surface area contributed by atoms with Gasteiger partial charge < -0.3 is 0 Å². The molecule has 0 unspecified atom stereocenters. The van der Waals surface area contributed by atoms with E-state index in [0.29, 0.717) is 0 Å². The van der Waals surface area contributed by atoms with Crippen LogP contribution in [0.4, 0.5) is 0 Å². The maximum Gasteiger partial charge on any atom is 0.133 e. The highest BCUT2D eigenvalue weighted by Crippen LogP contribution is 2.54. The van der Waals surface area contributed by atoms with Gasteiger partial charge in [0.15, 0.2) is 0 Å². The van der Waals surface area contributed by atoms with Gasteiger partial charge in [-0.05, 0) is 36.4 Å². The van der Waals surface area contributed by atoms with Crippen molar-refractivity contribution in [2.24, 2.45) is 0 Å². The minimum absolute atomic E-state index is 0. The second-order valence-corrected chi connectivity index (χ2v) is 9.17. The molecule has 3 rings (SSSR count). The Balaban J connectivity index is 0.00000225. The molecule has 0 spiro atoms. The second-order valence-electron chi connectivity index (χ2n) is 5.68. The minimum Gasteiger partial charge on any atom is -0.114 e. The molecule has 2 heteroatoms. The zero-order valence-corrected chi connectivity index (χ0v) is 17.0. The van der Waals surface area contributed by atoms with Gasteiger partial charge >= 0.3 is 0 Å². The van der Waals surface area contributed by atoms with Crippen LogP contribution in [-0.2, 0) is 0 Å². The topological polar surface area (TPSA) is 0 Å². The molecule has 0 amide bonds. The average Bonchev–Trinajstić information content (AvgIpc) is 2.68. The number of rotatable bonds is 4. The lowest BCUT2D eigenvalue weighted by atomic mass is 10.4. The first-order chi connectivity index (χ1) is 11.9. The molecular weight excluding hydrogens is 387 g/mol. The molecule has 0 atom stereocenters. The molecule has 0 aromatic heterocycles. The predicted octanol–water partition coefficient (Wildman–Crippen LogP) is 4.97. The first-order valence-electron chi connectivity index (χ1n) is 8.38. The highest BCUT2D eigenvalue weighted by Gasteiger charge is 2.44. The summed E-state index contributed by atoms with van der Waals surface area (Å²) in [5.74, 6) is 6.76. The van der Waals surface area contributed by atoms with E-state index in [2.05, 4.69) is 110 Å². The van der Waals surface area contributed by atoms with Gasteiger partial charge in [-0.25, -0.2) is 0 Å². The molecule has 0 saturated heterocycles. The predicted molar refractivity (Wildman–Crippen MR) is 118 cm³/mol. The molecule has 25 heavy (non-hydrogen) atoms. The van der Waals surface area contributed by atoms with Gasteiger partial charge in [0.2, 0.25) is 0 Å². The number of hydrogen-bond acceptors (Lipinski definition) is 0. The van der Waals surface area contributed by atoms with Crippen LogP contribution in [-0.4, -0.2) is 6.16 Å². The van der Waals surface area contributed by atoms with E-state index in [1.54, 1.807) is 0 Å². The Bertz CT molecular complexity index is 721. The van der Waals surface area contributed by atoms with Gasteiger partial charge in [0, 0.05) is 6.42 Å². The van der Waals surface area contributed by atoms with Crippen LogP contribution >= 0.6 is 24.2 Å². The Morgan fingerprint density at radius 1 is 0.600 bits per heavy atom. The largest absolute Gasteiger partial charge is 0.133 e. The zero-order valence-electron chi connectivity index (χ0n) is 14.4. The standard InChI is InChI=1S/C23H22P.BrH/c1-2-3-13-20-24(21-14-7-4-8-15-21,22-16-9-5-10-17-22)23-18-11-6-12-19-23;/h4-12,14-19H,2,20H2,1H3;1H/q+1;. The first-order valence-corrected chi connectivity index (χ1v) is 10.4. The van der Waals surface area contributed by atoms with Crippen molar-refractivity contribution in [1.82, 2.24) is 0 Å². The fourth-order valence-corrected chi connectivity index (χ4v) is 6.90. The van der Waals surface area contributed by atoms with Gasteiger partial charge in [-0.1, -0.05) is 73.4 Å². The summed E-state index contributed by atoms with van der Waals surface area (Å²) in [6.07, 6.45) is 1.79. The summed E-state index contributed by atoms with van der Waals surface area (Å²) in [5, 5.41) is 4.19. The lowest BCUT2D eigenvalue weighted by Gasteiger charge is -2.25. The number of hydrogen-bond donors (Lipinski definition) is 0. The fraction of sp³-hybridized carbons (Fsp3) is 0.130. The van der Waals surface area contributed by atoms with Crippen molar-refractivity contribution >= 4 is 40.2 Å². The quantitative estimate of drug-likeness (QED) is 0.421.